The van der Waals surface area contributed by atoms with E-state index in [0.29, 0.717) is 0 Å². The number of hydrogen-bond donors (Lipinski definition) is 1. The third-order valence-electron chi connectivity index (χ3n) is 10.7. The first-order valence-corrected chi connectivity index (χ1v) is 18.4. The fourth-order valence-corrected chi connectivity index (χ4v) is 8.30. The van der Waals surface area contributed by atoms with Crippen LogP contribution in [0, 0.1) is 0 Å². The van der Waals surface area contributed by atoms with Crippen molar-refractivity contribution in [2.24, 2.45) is 9.98 Å². The summed E-state index contributed by atoms with van der Waals surface area (Å²) in [6.45, 7) is 0. The molecule has 0 saturated carbocycles. The third-order valence-corrected chi connectivity index (χ3v) is 10.7. The van der Waals surface area contributed by atoms with Crippen molar-refractivity contribution >= 4 is 66.1 Å². The summed E-state index contributed by atoms with van der Waals surface area (Å²) in [4.78, 5) is 10.6. The van der Waals surface area contributed by atoms with Gasteiger partial charge in [-0.3, -0.25) is 0 Å². The summed E-state index contributed by atoms with van der Waals surface area (Å²) in [5.74, 6) is 1.58. The highest BCUT2D eigenvalue weighted by Crippen LogP contribution is 2.38. The highest BCUT2D eigenvalue weighted by atomic mass is 15.2. The van der Waals surface area contributed by atoms with Crippen LogP contribution in [0.1, 0.15) is 22.9 Å². The lowest BCUT2D eigenvalue weighted by atomic mass is 10.0. The van der Waals surface area contributed by atoms with Gasteiger partial charge < -0.3 is 14.5 Å². The van der Waals surface area contributed by atoms with Gasteiger partial charge in [-0.25, -0.2) is 9.98 Å². The number of fused-ring (bicyclic) bond motifs is 8. The van der Waals surface area contributed by atoms with Crippen molar-refractivity contribution in [1.82, 2.24) is 14.5 Å². The molecule has 1 aliphatic heterocycles. The number of benzene rings is 8. The molecule has 8 aromatic carbocycles. The van der Waals surface area contributed by atoms with E-state index in [1.54, 1.807) is 0 Å². The summed E-state index contributed by atoms with van der Waals surface area (Å²) in [7, 11) is 0. The van der Waals surface area contributed by atoms with E-state index in [4.69, 9.17) is 9.98 Å². The molecule has 0 aliphatic carbocycles. The molecule has 0 radical (unpaired) electrons. The average Bonchev–Trinajstić information content (AvgIpc) is 3.77. The molecule has 0 spiro atoms. The van der Waals surface area contributed by atoms with Gasteiger partial charge in [-0.15, -0.1) is 0 Å². The van der Waals surface area contributed by atoms with Gasteiger partial charge in [-0.1, -0.05) is 140 Å². The van der Waals surface area contributed by atoms with E-state index in [9.17, 15) is 0 Å². The number of amidine groups is 2. The fourth-order valence-electron chi connectivity index (χ4n) is 8.30. The maximum Gasteiger partial charge on any atom is 0.169 e. The molecule has 254 valence electrons. The Balaban J connectivity index is 1.09. The van der Waals surface area contributed by atoms with Crippen molar-refractivity contribution in [3.63, 3.8) is 0 Å². The molecular weight excluding hydrogens is 659 g/mol. The Morgan fingerprint density at radius 1 is 0.389 bits per heavy atom. The molecular formula is C49H33N5. The average molecular weight is 692 g/mol. The number of hydrogen-bond acceptors (Lipinski definition) is 3. The number of nitrogens with one attached hydrogen (secondary N) is 1. The maximum atomic E-state index is 5.35. The van der Waals surface area contributed by atoms with Gasteiger partial charge in [-0.2, -0.15) is 0 Å². The fraction of sp³-hybridized carbons (Fsp3) is 0.0204. The van der Waals surface area contributed by atoms with Gasteiger partial charge in [0.05, 0.1) is 22.1 Å². The number of aliphatic imine (C=N–C) groups is 2. The van der Waals surface area contributed by atoms with E-state index in [2.05, 4.69) is 196 Å². The molecule has 0 saturated heterocycles. The summed E-state index contributed by atoms with van der Waals surface area (Å²) < 4.78 is 4.73. The predicted octanol–water partition coefficient (Wildman–Crippen LogP) is 11.5. The molecule has 1 aliphatic rings. The molecule has 3 heterocycles. The summed E-state index contributed by atoms with van der Waals surface area (Å²) in [6.07, 6.45) is -0.457. The van der Waals surface area contributed by atoms with Crippen LogP contribution in [0.15, 0.2) is 198 Å². The molecule has 2 aromatic heterocycles. The largest absolute Gasteiger partial charge is 0.324 e. The van der Waals surface area contributed by atoms with E-state index in [-0.39, 0.29) is 0 Å². The Labute approximate surface area is 311 Å². The van der Waals surface area contributed by atoms with E-state index < -0.39 is 6.17 Å². The van der Waals surface area contributed by atoms with Crippen molar-refractivity contribution in [2.75, 3.05) is 0 Å². The minimum atomic E-state index is -0.457. The second-order valence-corrected chi connectivity index (χ2v) is 13.9. The van der Waals surface area contributed by atoms with Crippen molar-refractivity contribution < 1.29 is 0 Å². The Morgan fingerprint density at radius 2 is 1.00 bits per heavy atom. The second kappa shape index (κ2) is 12.2. The normalized spacial score (nSPS) is 14.5. The summed E-state index contributed by atoms with van der Waals surface area (Å²) in [5, 5.41) is 11.1. The van der Waals surface area contributed by atoms with Crippen molar-refractivity contribution in [3.8, 4) is 11.4 Å². The molecule has 1 N–H and O–H groups in total. The van der Waals surface area contributed by atoms with Crippen LogP contribution in [0.5, 0.6) is 0 Å². The van der Waals surface area contributed by atoms with Crippen molar-refractivity contribution in [2.45, 2.75) is 6.17 Å². The highest BCUT2D eigenvalue weighted by molar-refractivity contribution is 6.21. The van der Waals surface area contributed by atoms with Gasteiger partial charge in [0, 0.05) is 49.6 Å². The molecule has 0 bridgehead atoms. The first-order chi connectivity index (χ1) is 26.8. The minimum Gasteiger partial charge on any atom is -0.324 e. The van der Waals surface area contributed by atoms with E-state index in [1.807, 2.05) is 6.07 Å². The van der Waals surface area contributed by atoms with Crippen LogP contribution < -0.4 is 5.32 Å². The monoisotopic (exact) mass is 691 g/mol. The Kier molecular flexibility index (Phi) is 6.85. The summed E-state index contributed by atoms with van der Waals surface area (Å²) >= 11 is 0. The Bertz CT molecular complexity index is 3130. The van der Waals surface area contributed by atoms with Gasteiger partial charge in [0.2, 0.25) is 0 Å². The quantitative estimate of drug-likeness (QED) is 0.192. The lowest BCUT2D eigenvalue weighted by Gasteiger charge is -2.23. The van der Waals surface area contributed by atoms with Crippen molar-refractivity contribution in [3.05, 3.63) is 205 Å². The lowest BCUT2D eigenvalue weighted by Crippen LogP contribution is -2.36. The molecule has 1 unspecified atom stereocenters. The molecule has 1 atom stereocenters. The molecule has 5 heteroatoms. The number of aromatic nitrogens is 2. The minimum absolute atomic E-state index is 0.457. The Hall–Kier alpha value is -7.24. The lowest BCUT2D eigenvalue weighted by molar-refractivity contribution is 0.755. The zero-order valence-corrected chi connectivity index (χ0v) is 29.3. The van der Waals surface area contributed by atoms with Gasteiger partial charge >= 0.3 is 0 Å². The van der Waals surface area contributed by atoms with Crippen LogP contribution in [-0.2, 0) is 0 Å². The number of para-hydroxylation sites is 3. The zero-order chi connectivity index (χ0) is 35.6. The molecule has 54 heavy (non-hydrogen) atoms. The highest BCUT2D eigenvalue weighted by Gasteiger charge is 2.23. The second-order valence-electron chi connectivity index (χ2n) is 13.9. The number of nitrogens with zero attached hydrogens (tertiary/aromatic N) is 4. The first kappa shape index (κ1) is 30.4. The third kappa shape index (κ3) is 4.79. The summed E-state index contributed by atoms with van der Waals surface area (Å²) in [5.41, 5.74) is 9.89. The van der Waals surface area contributed by atoms with Crippen LogP contribution in [0.25, 0.3) is 65.8 Å². The van der Waals surface area contributed by atoms with Gasteiger partial charge in [0.15, 0.2) is 6.17 Å². The van der Waals surface area contributed by atoms with Gasteiger partial charge in [0.1, 0.15) is 11.7 Å². The molecule has 0 amide bonds. The van der Waals surface area contributed by atoms with E-state index in [0.717, 1.165) is 45.3 Å². The van der Waals surface area contributed by atoms with Crippen LogP contribution in [0.4, 0.5) is 0 Å². The molecule has 10 aromatic rings. The molecule has 0 fully saturated rings. The van der Waals surface area contributed by atoms with Crippen LogP contribution >= 0.6 is 0 Å². The zero-order valence-electron chi connectivity index (χ0n) is 29.3. The maximum absolute atomic E-state index is 5.35. The predicted molar refractivity (Wildman–Crippen MR) is 224 cm³/mol. The van der Waals surface area contributed by atoms with Gasteiger partial charge in [0.25, 0.3) is 0 Å². The van der Waals surface area contributed by atoms with Gasteiger partial charge in [-0.05, 0) is 59.3 Å². The SMILES string of the molecule is c1ccc(C2=NC(c3cccc(-n4c5ccccc5c5c6ccccc6ccc54)c3)N=C(c3ccc4c5ccccc5n(-c5ccccc5)c4c3)N2)cc1. The standard InChI is InChI=1S/C49H33N5/c1-3-15-33(16-4-1)47-50-48(52-49(51-47)35-26-28-40-39-22-9-11-24-42(39)53(45(40)31-35)36-18-5-2-6-19-36)34-17-13-20-37(30-34)54-43-25-12-10-23-41(43)46-38-21-8-7-14-32(38)27-29-44(46)54/h1-31,48H,(H,50,51,52). The molecule has 5 nitrogen and oxygen atoms in total. The smallest absolute Gasteiger partial charge is 0.169 e. The van der Waals surface area contributed by atoms with E-state index >= 15 is 0 Å². The summed E-state index contributed by atoms with van der Waals surface area (Å²) in [6, 6.07) is 66.8. The van der Waals surface area contributed by atoms with Crippen LogP contribution in [0.3, 0.4) is 0 Å². The topological polar surface area (TPSA) is 46.6 Å². The molecule has 11 rings (SSSR count). The first-order valence-electron chi connectivity index (χ1n) is 18.4. The number of rotatable bonds is 5. The van der Waals surface area contributed by atoms with Crippen molar-refractivity contribution in [1.29, 1.82) is 0 Å². The van der Waals surface area contributed by atoms with Crippen LogP contribution in [0.2, 0.25) is 0 Å². The van der Waals surface area contributed by atoms with E-state index in [1.165, 1.54) is 48.9 Å². The van der Waals surface area contributed by atoms with Crippen LogP contribution in [-0.4, -0.2) is 20.8 Å². The Morgan fingerprint density at radius 3 is 1.81 bits per heavy atom.